The number of likely N-dealkylation sites (tertiary alicyclic amines) is 1. The zero-order chi connectivity index (χ0) is 24.2. The van der Waals surface area contributed by atoms with Crippen molar-refractivity contribution in [1.29, 1.82) is 0 Å². The molecule has 0 bridgehead atoms. The van der Waals surface area contributed by atoms with Crippen molar-refractivity contribution in [3.8, 4) is 0 Å². The Labute approximate surface area is 216 Å². The van der Waals surface area contributed by atoms with Crippen LogP contribution in [-0.2, 0) is 13.1 Å². The van der Waals surface area contributed by atoms with Crippen LogP contribution in [0.1, 0.15) is 34.3 Å². The summed E-state index contributed by atoms with van der Waals surface area (Å²) in [5.74, 6) is 0.702. The molecule has 2 aliphatic heterocycles. The number of pyridine rings is 1. The van der Waals surface area contributed by atoms with Crippen molar-refractivity contribution >= 4 is 40.6 Å². The summed E-state index contributed by atoms with van der Waals surface area (Å²) in [5, 5.41) is 7.88. The largest absolute Gasteiger partial charge is 0.367 e. The van der Waals surface area contributed by atoms with Gasteiger partial charge in [-0.05, 0) is 48.2 Å². The Morgan fingerprint density at radius 2 is 1.83 bits per heavy atom. The second kappa shape index (κ2) is 10.9. The number of hydrogen-bond donors (Lipinski definition) is 2. The molecule has 3 heterocycles. The van der Waals surface area contributed by atoms with E-state index >= 15 is 0 Å². The number of aromatic nitrogens is 1. The molecule has 1 aromatic heterocycles. The Morgan fingerprint density at radius 3 is 2.63 bits per heavy atom. The maximum atomic E-state index is 13.1. The molecule has 1 amide bonds. The lowest BCUT2D eigenvalue weighted by Gasteiger charge is -2.33. The fraction of sp³-hybridized carbons (Fsp3) is 0.333. The smallest absolute Gasteiger partial charge is 0.253 e. The number of rotatable bonds is 6. The van der Waals surface area contributed by atoms with Crippen LogP contribution in [0.2, 0.25) is 10.0 Å². The minimum atomic E-state index is -0.0758. The second-order valence-corrected chi connectivity index (χ2v) is 10.0. The fourth-order valence-corrected chi connectivity index (χ4v) is 5.14. The third-order valence-corrected chi connectivity index (χ3v) is 7.29. The standard InChI is InChI=1S/C27H29Cl2N5O/c28-22-6-7-24(29)21(14-22)18-34-13-10-30-26-25(34)15-20(16-31-26)27(35)32-23-8-11-33(12-9-23)17-19-4-2-1-3-5-19/h1-7,14-16,23H,8-13,17-18H2,(H,30,31)(H,32,35). The predicted octanol–water partition coefficient (Wildman–Crippen LogP) is 5.21. The molecule has 8 heteroatoms. The lowest BCUT2D eigenvalue weighted by atomic mass is 10.0. The number of hydrogen-bond acceptors (Lipinski definition) is 5. The molecule has 3 aromatic rings. The van der Waals surface area contributed by atoms with E-state index in [1.165, 1.54) is 5.56 Å². The molecular weight excluding hydrogens is 481 g/mol. The summed E-state index contributed by atoms with van der Waals surface area (Å²) in [4.78, 5) is 22.3. The molecule has 0 saturated carbocycles. The van der Waals surface area contributed by atoms with Crippen molar-refractivity contribution in [2.75, 3.05) is 36.4 Å². The summed E-state index contributed by atoms with van der Waals surface area (Å²) < 4.78 is 0. The van der Waals surface area contributed by atoms with Crippen LogP contribution in [0.5, 0.6) is 0 Å². The average molecular weight is 510 g/mol. The first-order valence-electron chi connectivity index (χ1n) is 12.0. The number of anilines is 2. The number of carbonyl (C=O) groups is 1. The Hall–Kier alpha value is -2.80. The molecule has 0 radical (unpaired) electrons. The lowest BCUT2D eigenvalue weighted by molar-refractivity contribution is 0.0908. The molecule has 5 rings (SSSR count). The van der Waals surface area contributed by atoms with Crippen LogP contribution in [0.25, 0.3) is 0 Å². The van der Waals surface area contributed by atoms with Crippen LogP contribution >= 0.6 is 23.2 Å². The molecule has 0 spiro atoms. The average Bonchev–Trinajstić information content (AvgIpc) is 2.88. The molecule has 2 aliphatic rings. The Morgan fingerprint density at radius 1 is 1.03 bits per heavy atom. The number of nitrogens with one attached hydrogen (secondary N) is 2. The maximum absolute atomic E-state index is 13.1. The molecule has 6 nitrogen and oxygen atoms in total. The highest BCUT2D eigenvalue weighted by Gasteiger charge is 2.24. The molecule has 1 saturated heterocycles. The van der Waals surface area contributed by atoms with Crippen LogP contribution in [0.4, 0.5) is 11.5 Å². The minimum absolute atomic E-state index is 0.0758. The molecule has 35 heavy (non-hydrogen) atoms. The van der Waals surface area contributed by atoms with Gasteiger partial charge in [0.1, 0.15) is 5.82 Å². The van der Waals surface area contributed by atoms with Crippen molar-refractivity contribution < 1.29 is 4.79 Å². The molecule has 2 aromatic carbocycles. The molecule has 1 fully saturated rings. The van der Waals surface area contributed by atoms with Gasteiger partial charge in [0.15, 0.2) is 0 Å². The Bertz CT molecular complexity index is 1180. The number of nitrogens with zero attached hydrogens (tertiary/aromatic N) is 3. The highest BCUT2D eigenvalue weighted by molar-refractivity contribution is 6.33. The highest BCUT2D eigenvalue weighted by atomic mass is 35.5. The first-order valence-corrected chi connectivity index (χ1v) is 12.8. The van der Waals surface area contributed by atoms with Gasteiger partial charge in [0.25, 0.3) is 5.91 Å². The summed E-state index contributed by atoms with van der Waals surface area (Å²) >= 11 is 12.6. The van der Waals surface area contributed by atoms with E-state index in [1.54, 1.807) is 12.3 Å². The summed E-state index contributed by atoms with van der Waals surface area (Å²) in [5.41, 5.74) is 3.75. The van der Waals surface area contributed by atoms with Crippen LogP contribution in [0.15, 0.2) is 60.8 Å². The fourth-order valence-electron chi connectivity index (χ4n) is 4.76. The quantitative estimate of drug-likeness (QED) is 0.477. The lowest BCUT2D eigenvalue weighted by Crippen LogP contribution is -2.44. The number of halogens is 2. The normalized spacial score (nSPS) is 16.5. The third kappa shape index (κ3) is 5.89. The van der Waals surface area contributed by atoms with E-state index in [-0.39, 0.29) is 11.9 Å². The van der Waals surface area contributed by atoms with E-state index in [2.05, 4.69) is 49.7 Å². The van der Waals surface area contributed by atoms with E-state index in [9.17, 15) is 4.79 Å². The summed E-state index contributed by atoms with van der Waals surface area (Å²) in [6.45, 7) is 5.05. The number of carbonyl (C=O) groups excluding carboxylic acids is 1. The molecule has 182 valence electrons. The van der Waals surface area contributed by atoms with Crippen LogP contribution in [0.3, 0.4) is 0 Å². The Balaban J connectivity index is 1.22. The zero-order valence-electron chi connectivity index (χ0n) is 19.5. The molecular formula is C27H29Cl2N5O. The van der Waals surface area contributed by atoms with Gasteiger partial charge in [-0.3, -0.25) is 9.69 Å². The molecule has 2 N–H and O–H groups in total. The van der Waals surface area contributed by atoms with Gasteiger partial charge in [0, 0.05) is 61.6 Å². The first-order chi connectivity index (χ1) is 17.0. The molecule has 0 unspecified atom stereocenters. The summed E-state index contributed by atoms with van der Waals surface area (Å²) in [7, 11) is 0. The van der Waals surface area contributed by atoms with Crippen LogP contribution in [0, 0.1) is 0 Å². The number of fused-ring (bicyclic) bond motifs is 1. The monoisotopic (exact) mass is 509 g/mol. The number of piperidine rings is 1. The van der Waals surface area contributed by atoms with Crippen LogP contribution in [-0.4, -0.2) is 48.0 Å². The van der Waals surface area contributed by atoms with E-state index in [4.69, 9.17) is 23.2 Å². The first kappa shape index (κ1) is 23.9. The van der Waals surface area contributed by atoms with Crippen molar-refractivity contribution in [2.45, 2.75) is 32.0 Å². The zero-order valence-corrected chi connectivity index (χ0v) is 21.0. The van der Waals surface area contributed by atoms with Crippen molar-refractivity contribution in [2.24, 2.45) is 0 Å². The van der Waals surface area contributed by atoms with E-state index in [0.29, 0.717) is 22.2 Å². The highest BCUT2D eigenvalue weighted by Crippen LogP contribution is 2.31. The molecule has 0 aliphatic carbocycles. The van der Waals surface area contributed by atoms with Crippen molar-refractivity contribution in [3.63, 3.8) is 0 Å². The van der Waals surface area contributed by atoms with E-state index < -0.39 is 0 Å². The number of amides is 1. The van der Waals surface area contributed by atoms with Crippen molar-refractivity contribution in [1.82, 2.24) is 15.2 Å². The maximum Gasteiger partial charge on any atom is 0.253 e. The second-order valence-electron chi connectivity index (χ2n) is 9.19. The van der Waals surface area contributed by atoms with Gasteiger partial charge in [-0.2, -0.15) is 0 Å². The van der Waals surface area contributed by atoms with E-state index in [1.807, 2.05) is 24.3 Å². The SMILES string of the molecule is O=C(NC1CCN(Cc2ccccc2)CC1)c1cnc2c(c1)N(Cc1cc(Cl)ccc1Cl)CCN2. The van der Waals surface area contributed by atoms with Gasteiger partial charge in [-0.1, -0.05) is 53.5 Å². The van der Waals surface area contributed by atoms with Gasteiger partial charge in [-0.25, -0.2) is 4.98 Å². The Kier molecular flexibility index (Phi) is 7.42. The van der Waals surface area contributed by atoms with Gasteiger partial charge < -0.3 is 15.5 Å². The van der Waals surface area contributed by atoms with Gasteiger partial charge in [0.2, 0.25) is 0 Å². The van der Waals surface area contributed by atoms with Crippen LogP contribution < -0.4 is 15.5 Å². The van der Waals surface area contributed by atoms with Gasteiger partial charge in [0.05, 0.1) is 11.3 Å². The summed E-state index contributed by atoms with van der Waals surface area (Å²) in [6.07, 6.45) is 3.54. The summed E-state index contributed by atoms with van der Waals surface area (Å²) in [6, 6.07) is 18.1. The third-order valence-electron chi connectivity index (χ3n) is 6.69. The predicted molar refractivity (Wildman–Crippen MR) is 142 cm³/mol. The number of benzene rings is 2. The van der Waals surface area contributed by atoms with Gasteiger partial charge >= 0.3 is 0 Å². The molecule has 0 atom stereocenters. The van der Waals surface area contributed by atoms with E-state index in [0.717, 1.165) is 62.6 Å². The van der Waals surface area contributed by atoms with Crippen molar-refractivity contribution in [3.05, 3.63) is 87.5 Å². The van der Waals surface area contributed by atoms with Gasteiger partial charge in [-0.15, -0.1) is 0 Å². The minimum Gasteiger partial charge on any atom is -0.367 e. The topological polar surface area (TPSA) is 60.5 Å².